The third-order valence-corrected chi connectivity index (χ3v) is 2.14. The number of nitrogens with zero attached hydrogens (tertiary/aromatic N) is 3. The first kappa shape index (κ1) is 10.5. The van der Waals surface area contributed by atoms with Gasteiger partial charge in [0.2, 0.25) is 5.95 Å². The van der Waals surface area contributed by atoms with Crippen LogP contribution in [0.1, 0.15) is 5.56 Å². The molecule has 1 heterocycles. The molecular weight excluding hydrogens is 204 g/mol. The molecule has 0 atom stereocenters. The van der Waals surface area contributed by atoms with E-state index in [1.807, 2.05) is 24.3 Å². The van der Waals surface area contributed by atoms with Crippen molar-refractivity contribution >= 4 is 5.95 Å². The van der Waals surface area contributed by atoms with Crippen molar-refractivity contribution in [2.24, 2.45) is 0 Å². The van der Waals surface area contributed by atoms with E-state index in [4.69, 9.17) is 10.5 Å². The van der Waals surface area contributed by atoms with Gasteiger partial charge in [-0.1, -0.05) is 24.3 Å². The number of nitrogens with two attached hydrogens (primary N) is 1. The molecule has 0 aliphatic carbocycles. The number of ether oxygens (including phenoxy) is 1. The van der Waals surface area contributed by atoms with E-state index in [-0.39, 0.29) is 5.95 Å². The molecule has 2 N–H and O–H groups in total. The molecule has 16 heavy (non-hydrogen) atoms. The van der Waals surface area contributed by atoms with Crippen LogP contribution in [0.2, 0.25) is 0 Å². The van der Waals surface area contributed by atoms with E-state index >= 15 is 0 Å². The van der Waals surface area contributed by atoms with Crippen molar-refractivity contribution in [1.82, 2.24) is 15.2 Å². The fourth-order valence-electron chi connectivity index (χ4n) is 1.39. The van der Waals surface area contributed by atoms with Crippen LogP contribution in [-0.4, -0.2) is 22.3 Å². The monoisotopic (exact) mass is 216 g/mol. The molecule has 0 radical (unpaired) electrons. The molecule has 0 saturated carbocycles. The summed E-state index contributed by atoms with van der Waals surface area (Å²) in [6.45, 7) is 0.602. The number of hydrogen-bond acceptors (Lipinski definition) is 5. The van der Waals surface area contributed by atoms with Crippen molar-refractivity contribution in [3.63, 3.8) is 0 Å². The van der Waals surface area contributed by atoms with E-state index in [2.05, 4.69) is 15.2 Å². The van der Waals surface area contributed by atoms with Gasteiger partial charge in [-0.3, -0.25) is 0 Å². The number of rotatable bonds is 3. The van der Waals surface area contributed by atoms with Crippen molar-refractivity contribution in [2.45, 2.75) is 6.61 Å². The van der Waals surface area contributed by atoms with E-state index in [1.165, 1.54) is 0 Å². The maximum atomic E-state index is 5.47. The van der Waals surface area contributed by atoms with E-state index < -0.39 is 0 Å². The Hall–Kier alpha value is -2.01. The Kier molecular flexibility index (Phi) is 3.07. The molecule has 5 nitrogen and oxygen atoms in total. The summed E-state index contributed by atoms with van der Waals surface area (Å²) < 4.78 is 5.03. The summed E-state index contributed by atoms with van der Waals surface area (Å²) in [6, 6.07) is 7.88. The summed E-state index contributed by atoms with van der Waals surface area (Å²) in [5.41, 5.74) is 8.26. The molecule has 0 aliphatic heterocycles. The van der Waals surface area contributed by atoms with Gasteiger partial charge < -0.3 is 10.5 Å². The van der Waals surface area contributed by atoms with Crippen molar-refractivity contribution in [3.05, 3.63) is 36.0 Å². The van der Waals surface area contributed by atoms with E-state index in [1.54, 1.807) is 13.3 Å². The maximum absolute atomic E-state index is 5.47. The maximum Gasteiger partial charge on any atom is 0.240 e. The summed E-state index contributed by atoms with van der Waals surface area (Å²) in [4.78, 5) is 4.09. The topological polar surface area (TPSA) is 73.9 Å². The number of anilines is 1. The van der Waals surface area contributed by atoms with Crippen molar-refractivity contribution in [3.8, 4) is 11.3 Å². The van der Waals surface area contributed by atoms with Gasteiger partial charge in [-0.15, -0.1) is 5.10 Å². The minimum Gasteiger partial charge on any atom is -0.380 e. The highest BCUT2D eigenvalue weighted by Gasteiger charge is 2.01. The van der Waals surface area contributed by atoms with E-state index in [0.717, 1.165) is 16.8 Å². The normalized spacial score (nSPS) is 10.3. The van der Waals surface area contributed by atoms with Crippen LogP contribution < -0.4 is 5.73 Å². The second-order valence-corrected chi connectivity index (χ2v) is 3.33. The van der Waals surface area contributed by atoms with Gasteiger partial charge in [0.15, 0.2) is 0 Å². The number of methoxy groups -OCH3 is 1. The average Bonchev–Trinajstić information content (AvgIpc) is 2.30. The Bertz CT molecular complexity index is 470. The molecule has 0 fully saturated rings. The minimum atomic E-state index is 0.179. The van der Waals surface area contributed by atoms with Crippen molar-refractivity contribution in [2.75, 3.05) is 12.8 Å². The summed E-state index contributed by atoms with van der Waals surface area (Å²) in [7, 11) is 1.67. The molecule has 0 bridgehead atoms. The Morgan fingerprint density at radius 2 is 2.00 bits per heavy atom. The average molecular weight is 216 g/mol. The molecular formula is C11H12N4O. The van der Waals surface area contributed by atoms with Gasteiger partial charge in [-0.25, -0.2) is 4.98 Å². The largest absolute Gasteiger partial charge is 0.380 e. The highest BCUT2D eigenvalue weighted by atomic mass is 16.5. The van der Waals surface area contributed by atoms with Crippen LogP contribution in [0.4, 0.5) is 5.95 Å². The zero-order valence-electron chi connectivity index (χ0n) is 8.92. The van der Waals surface area contributed by atoms with Gasteiger partial charge in [0, 0.05) is 12.7 Å². The Labute approximate surface area is 93.3 Å². The second-order valence-electron chi connectivity index (χ2n) is 3.33. The SMILES string of the molecule is COCc1ccc(-c2cnnc(N)n2)cc1. The van der Waals surface area contributed by atoms with Crippen LogP contribution in [-0.2, 0) is 11.3 Å². The van der Waals surface area contributed by atoms with Crippen molar-refractivity contribution < 1.29 is 4.74 Å². The molecule has 0 unspecified atom stereocenters. The molecule has 1 aromatic carbocycles. The number of aromatic nitrogens is 3. The number of benzene rings is 1. The van der Waals surface area contributed by atoms with Crippen LogP contribution in [0.3, 0.4) is 0 Å². The highest BCUT2D eigenvalue weighted by Crippen LogP contribution is 2.17. The Morgan fingerprint density at radius 3 is 2.62 bits per heavy atom. The molecule has 5 heteroatoms. The lowest BCUT2D eigenvalue weighted by molar-refractivity contribution is 0.185. The minimum absolute atomic E-state index is 0.179. The Morgan fingerprint density at radius 1 is 1.25 bits per heavy atom. The first-order chi connectivity index (χ1) is 7.79. The van der Waals surface area contributed by atoms with Crippen LogP contribution >= 0.6 is 0 Å². The van der Waals surface area contributed by atoms with Crippen LogP contribution in [0, 0.1) is 0 Å². The molecule has 0 amide bonds. The van der Waals surface area contributed by atoms with Gasteiger partial charge in [-0.2, -0.15) is 5.10 Å². The number of nitrogen functional groups attached to an aromatic ring is 1. The standard InChI is InChI=1S/C11H12N4O/c1-16-7-8-2-4-9(5-3-8)10-6-13-15-11(12)14-10/h2-6H,7H2,1H3,(H2,12,14,15). The Balaban J connectivity index is 2.27. The van der Waals surface area contributed by atoms with E-state index in [9.17, 15) is 0 Å². The fourth-order valence-corrected chi connectivity index (χ4v) is 1.39. The smallest absolute Gasteiger partial charge is 0.240 e. The zero-order valence-corrected chi connectivity index (χ0v) is 8.92. The van der Waals surface area contributed by atoms with Crippen LogP contribution in [0.15, 0.2) is 30.5 Å². The fraction of sp³-hybridized carbons (Fsp3) is 0.182. The lowest BCUT2D eigenvalue weighted by Gasteiger charge is -2.02. The van der Waals surface area contributed by atoms with Gasteiger partial charge in [0.05, 0.1) is 18.5 Å². The summed E-state index contributed by atoms with van der Waals surface area (Å²) in [5.74, 6) is 0.179. The molecule has 0 spiro atoms. The summed E-state index contributed by atoms with van der Waals surface area (Å²) >= 11 is 0. The van der Waals surface area contributed by atoms with Gasteiger partial charge in [0.1, 0.15) is 0 Å². The lowest BCUT2D eigenvalue weighted by atomic mass is 10.1. The first-order valence-corrected chi connectivity index (χ1v) is 4.83. The number of hydrogen-bond donors (Lipinski definition) is 1. The van der Waals surface area contributed by atoms with E-state index in [0.29, 0.717) is 6.61 Å². The summed E-state index contributed by atoms with van der Waals surface area (Å²) in [6.07, 6.45) is 1.59. The van der Waals surface area contributed by atoms with Gasteiger partial charge in [0.25, 0.3) is 0 Å². The highest BCUT2D eigenvalue weighted by molar-refractivity contribution is 5.59. The zero-order chi connectivity index (χ0) is 11.4. The van der Waals surface area contributed by atoms with Crippen LogP contribution in [0.25, 0.3) is 11.3 Å². The second kappa shape index (κ2) is 4.67. The van der Waals surface area contributed by atoms with Gasteiger partial charge >= 0.3 is 0 Å². The third-order valence-electron chi connectivity index (χ3n) is 2.14. The summed E-state index contributed by atoms with van der Waals surface area (Å²) in [5, 5.41) is 7.37. The predicted molar refractivity (Wildman–Crippen MR) is 60.4 cm³/mol. The lowest BCUT2D eigenvalue weighted by Crippen LogP contribution is -1.98. The molecule has 0 saturated heterocycles. The molecule has 1 aromatic heterocycles. The quantitative estimate of drug-likeness (QED) is 0.836. The molecule has 2 rings (SSSR count). The van der Waals surface area contributed by atoms with Gasteiger partial charge in [-0.05, 0) is 5.56 Å². The molecule has 0 aliphatic rings. The molecule has 2 aromatic rings. The first-order valence-electron chi connectivity index (χ1n) is 4.83. The van der Waals surface area contributed by atoms with Crippen LogP contribution in [0.5, 0.6) is 0 Å². The molecule has 82 valence electrons. The van der Waals surface area contributed by atoms with Crippen molar-refractivity contribution in [1.29, 1.82) is 0 Å². The predicted octanol–water partition coefficient (Wildman–Crippen LogP) is 1.27. The third kappa shape index (κ3) is 2.32.